The number of methoxy groups -OCH3 is 2. The zero-order chi connectivity index (χ0) is 22.2. The van der Waals surface area contributed by atoms with Gasteiger partial charge in [0.1, 0.15) is 11.5 Å². The molecule has 0 amide bonds. The smallest absolute Gasteiger partial charge is 0.508 e. The lowest BCUT2D eigenvalue weighted by molar-refractivity contribution is -0.0500. The maximum Gasteiger partial charge on any atom is 0.534 e. The van der Waals surface area contributed by atoms with Crippen molar-refractivity contribution in [2.45, 2.75) is 5.51 Å². The monoisotopic (exact) mass is 436 g/mol. The molecule has 0 aliphatic rings. The van der Waals surface area contributed by atoms with Crippen LogP contribution in [0.3, 0.4) is 0 Å². The van der Waals surface area contributed by atoms with Crippen LogP contribution in [0.15, 0.2) is 48.5 Å². The van der Waals surface area contributed by atoms with E-state index in [2.05, 4.69) is 13.7 Å². The summed E-state index contributed by atoms with van der Waals surface area (Å²) in [6.45, 7) is 0. The quantitative estimate of drug-likeness (QED) is 0.442. The molecular weight excluding hydrogens is 421 g/mol. The summed E-state index contributed by atoms with van der Waals surface area (Å²) in [6, 6.07) is 9.85. The first kappa shape index (κ1) is 23.8. The van der Waals surface area contributed by atoms with E-state index in [1.54, 1.807) is 0 Å². The van der Waals surface area contributed by atoms with Crippen molar-refractivity contribution in [3.63, 3.8) is 0 Å². The van der Waals surface area contributed by atoms with E-state index in [0.29, 0.717) is 5.56 Å². The fraction of sp³-hybridized carbons (Fsp3) is 0.176. The number of hydrogen-bond acceptors (Lipinski definition) is 8. The summed E-state index contributed by atoms with van der Waals surface area (Å²) in [4.78, 5) is 21.8. The van der Waals surface area contributed by atoms with Gasteiger partial charge in [-0.25, -0.2) is 9.59 Å². The highest BCUT2D eigenvalue weighted by molar-refractivity contribution is 7.88. The van der Waals surface area contributed by atoms with Crippen LogP contribution in [0.25, 0.3) is 0 Å². The molecule has 0 aliphatic heterocycles. The summed E-state index contributed by atoms with van der Waals surface area (Å²) in [5.74, 6) is -1.53. The minimum Gasteiger partial charge on any atom is -0.508 e. The van der Waals surface area contributed by atoms with Crippen molar-refractivity contribution < 1.29 is 49.9 Å². The molecule has 0 unspecified atom stereocenters. The number of benzene rings is 2. The van der Waals surface area contributed by atoms with E-state index in [1.165, 1.54) is 31.4 Å². The van der Waals surface area contributed by atoms with Crippen molar-refractivity contribution >= 4 is 22.1 Å². The molecule has 158 valence electrons. The van der Waals surface area contributed by atoms with Gasteiger partial charge in [-0.05, 0) is 48.5 Å². The molecule has 8 nitrogen and oxygen atoms in total. The molecule has 0 saturated heterocycles. The van der Waals surface area contributed by atoms with E-state index in [1.807, 2.05) is 0 Å². The lowest BCUT2D eigenvalue weighted by Crippen LogP contribution is -2.28. The average Bonchev–Trinajstić information content (AvgIpc) is 2.67. The summed E-state index contributed by atoms with van der Waals surface area (Å²) in [7, 11) is -3.27. The number of ether oxygens (including phenoxy) is 2. The van der Waals surface area contributed by atoms with Crippen molar-refractivity contribution in [2.75, 3.05) is 14.2 Å². The van der Waals surface area contributed by atoms with Crippen molar-refractivity contribution in [3.8, 4) is 11.5 Å². The van der Waals surface area contributed by atoms with E-state index in [0.717, 1.165) is 31.4 Å². The van der Waals surface area contributed by atoms with Gasteiger partial charge in [0.05, 0.1) is 25.3 Å². The Bertz CT molecular complexity index is 936. The third-order valence-electron chi connectivity index (χ3n) is 3.05. The van der Waals surface area contributed by atoms with Crippen molar-refractivity contribution in [1.29, 1.82) is 0 Å². The third kappa shape index (κ3) is 6.99. The standard InChI is InChI=1S/C9H7F3O5S.C8H8O3/c1-16-8(13)6-2-4-7(5-3-6)17-18(14,15)9(10,11)12;1-11-8(10)6-2-4-7(9)5-3-6/h2-5H,1H3;2-5,9H,1H3. The summed E-state index contributed by atoms with van der Waals surface area (Å²) >= 11 is 0. The van der Waals surface area contributed by atoms with E-state index in [9.17, 15) is 31.2 Å². The molecule has 0 aliphatic carbocycles. The second kappa shape index (κ2) is 9.78. The number of rotatable bonds is 4. The predicted molar refractivity (Wildman–Crippen MR) is 92.8 cm³/mol. The molecule has 2 aromatic rings. The molecule has 1 N–H and O–H groups in total. The van der Waals surface area contributed by atoms with Gasteiger partial charge in [-0.15, -0.1) is 0 Å². The van der Waals surface area contributed by atoms with Crippen molar-refractivity contribution in [3.05, 3.63) is 59.7 Å². The fourth-order valence-electron chi connectivity index (χ4n) is 1.65. The van der Waals surface area contributed by atoms with Gasteiger partial charge in [-0.2, -0.15) is 21.6 Å². The molecule has 0 heterocycles. The topological polar surface area (TPSA) is 116 Å². The molecule has 2 aromatic carbocycles. The molecule has 0 saturated carbocycles. The Morgan fingerprint density at radius 2 is 1.21 bits per heavy atom. The molecule has 12 heteroatoms. The Balaban J connectivity index is 0.000000326. The number of carbonyl (C=O) groups is 2. The minimum atomic E-state index is -5.71. The number of phenolic OH excluding ortho intramolecular Hbond substituents is 1. The Kier molecular flexibility index (Phi) is 8.01. The summed E-state index contributed by atoms with van der Waals surface area (Å²) < 4.78 is 69.9. The number of carbonyl (C=O) groups excluding carboxylic acids is 2. The zero-order valence-electron chi connectivity index (χ0n) is 15.0. The Morgan fingerprint density at radius 3 is 1.55 bits per heavy atom. The third-order valence-corrected chi connectivity index (χ3v) is 4.03. The number of esters is 2. The van der Waals surface area contributed by atoms with Crippen LogP contribution >= 0.6 is 0 Å². The molecule has 0 radical (unpaired) electrons. The van der Waals surface area contributed by atoms with Gasteiger partial charge in [0.15, 0.2) is 0 Å². The first-order chi connectivity index (χ1) is 13.4. The molecule has 29 heavy (non-hydrogen) atoms. The van der Waals surface area contributed by atoms with Gasteiger partial charge < -0.3 is 18.8 Å². The molecule has 0 fully saturated rings. The minimum absolute atomic E-state index is 0.0502. The molecule has 0 atom stereocenters. The zero-order valence-corrected chi connectivity index (χ0v) is 15.8. The van der Waals surface area contributed by atoms with Gasteiger partial charge in [-0.3, -0.25) is 0 Å². The van der Waals surface area contributed by atoms with Gasteiger partial charge >= 0.3 is 27.6 Å². The van der Waals surface area contributed by atoms with Crippen LogP contribution in [-0.2, 0) is 19.6 Å². The highest BCUT2D eigenvalue weighted by atomic mass is 32.2. The van der Waals surface area contributed by atoms with Crippen LogP contribution < -0.4 is 4.18 Å². The molecule has 0 aromatic heterocycles. The SMILES string of the molecule is COC(=O)c1ccc(O)cc1.COC(=O)c1ccc(OS(=O)(=O)C(F)(F)F)cc1. The maximum atomic E-state index is 12.0. The van der Waals surface area contributed by atoms with Crippen LogP contribution in [0.2, 0.25) is 0 Å². The summed E-state index contributed by atoms with van der Waals surface area (Å²) in [6.07, 6.45) is 0. The Morgan fingerprint density at radius 1 is 0.828 bits per heavy atom. The normalized spacial score (nSPS) is 10.9. The van der Waals surface area contributed by atoms with Crippen LogP contribution in [0.1, 0.15) is 20.7 Å². The lowest BCUT2D eigenvalue weighted by atomic mass is 10.2. The van der Waals surface area contributed by atoms with Gasteiger partial charge in [-0.1, -0.05) is 0 Å². The highest BCUT2D eigenvalue weighted by Crippen LogP contribution is 2.27. The molecule has 0 spiro atoms. The molecule has 0 bridgehead atoms. The Labute approximate surface area is 163 Å². The lowest BCUT2D eigenvalue weighted by Gasteiger charge is -2.09. The van der Waals surface area contributed by atoms with E-state index in [-0.39, 0.29) is 11.3 Å². The first-order valence-electron chi connectivity index (χ1n) is 7.47. The van der Waals surface area contributed by atoms with E-state index >= 15 is 0 Å². The summed E-state index contributed by atoms with van der Waals surface area (Å²) in [5.41, 5.74) is -5.02. The fourth-order valence-corrected chi connectivity index (χ4v) is 2.11. The van der Waals surface area contributed by atoms with Crippen LogP contribution in [0.4, 0.5) is 13.2 Å². The van der Waals surface area contributed by atoms with Gasteiger partial charge in [0.2, 0.25) is 0 Å². The summed E-state index contributed by atoms with van der Waals surface area (Å²) in [5, 5.41) is 8.86. The van der Waals surface area contributed by atoms with Crippen LogP contribution in [-0.4, -0.2) is 45.2 Å². The number of aromatic hydroxyl groups is 1. The largest absolute Gasteiger partial charge is 0.534 e. The van der Waals surface area contributed by atoms with Gasteiger partial charge in [0.25, 0.3) is 0 Å². The van der Waals surface area contributed by atoms with Crippen LogP contribution in [0, 0.1) is 0 Å². The number of phenols is 1. The second-order valence-electron chi connectivity index (χ2n) is 5.04. The number of alkyl halides is 3. The molecule has 2 rings (SSSR count). The second-order valence-corrected chi connectivity index (χ2v) is 6.58. The molecular formula is C17H15F3O8S. The van der Waals surface area contributed by atoms with E-state index < -0.39 is 33.3 Å². The van der Waals surface area contributed by atoms with Gasteiger partial charge in [0, 0.05) is 0 Å². The average molecular weight is 436 g/mol. The number of halogens is 3. The van der Waals surface area contributed by atoms with E-state index in [4.69, 9.17) is 5.11 Å². The predicted octanol–water partition coefficient (Wildman–Crippen LogP) is 2.88. The highest BCUT2D eigenvalue weighted by Gasteiger charge is 2.48. The van der Waals surface area contributed by atoms with Crippen molar-refractivity contribution in [1.82, 2.24) is 0 Å². The number of hydrogen-bond donors (Lipinski definition) is 1. The first-order valence-corrected chi connectivity index (χ1v) is 8.88. The van der Waals surface area contributed by atoms with Crippen LogP contribution in [0.5, 0.6) is 11.5 Å². The Hall–Kier alpha value is -3.28. The van der Waals surface area contributed by atoms with Crippen molar-refractivity contribution in [2.24, 2.45) is 0 Å². The maximum absolute atomic E-state index is 12.0.